The van der Waals surface area contributed by atoms with Crippen molar-refractivity contribution < 1.29 is 4.74 Å². The molecule has 2 heterocycles. The van der Waals surface area contributed by atoms with Crippen molar-refractivity contribution >= 4 is 40.4 Å². The van der Waals surface area contributed by atoms with Crippen molar-refractivity contribution in [2.75, 3.05) is 26.3 Å². The molecule has 0 N–H and O–H groups in total. The number of para-hydroxylation sites is 1. The van der Waals surface area contributed by atoms with Gasteiger partial charge in [-0.1, -0.05) is 12.1 Å². The number of morpholine rings is 1. The Bertz CT molecular complexity index is 574. The van der Waals surface area contributed by atoms with Crippen molar-refractivity contribution in [1.82, 2.24) is 4.90 Å². The molecule has 0 bridgehead atoms. The van der Waals surface area contributed by atoms with Gasteiger partial charge in [0.1, 0.15) is 0 Å². The Balaban J connectivity index is 2.04. The van der Waals surface area contributed by atoms with E-state index >= 15 is 0 Å². The average molecular weight is 284 g/mol. The van der Waals surface area contributed by atoms with Crippen LogP contribution in [-0.2, 0) is 34.3 Å². The van der Waals surface area contributed by atoms with Gasteiger partial charge in [0, 0.05) is 25.1 Å². The molecule has 0 radical (unpaired) electrons. The predicted molar refractivity (Wildman–Crippen MR) is 76.3 cm³/mol. The van der Waals surface area contributed by atoms with Crippen LogP contribution in [0.1, 0.15) is 0 Å². The number of nitrogens with zero attached hydrogens (tertiary/aromatic N) is 2. The van der Waals surface area contributed by atoms with Crippen LogP contribution in [0.2, 0.25) is 0 Å². The summed E-state index contributed by atoms with van der Waals surface area (Å²) in [4.78, 5) is 7.88. The molecule has 0 spiro atoms. The molecule has 90 valence electrons. The number of aliphatic imine (C=N–C) groups is 1. The summed E-state index contributed by atoms with van der Waals surface area (Å²) < 4.78 is 5.35. The monoisotopic (exact) mass is 284 g/mol. The van der Waals surface area contributed by atoms with Crippen LogP contribution < -0.4 is 0 Å². The molecule has 6 heteroatoms. The molecular weight excluding hydrogens is 272 g/mol. The summed E-state index contributed by atoms with van der Waals surface area (Å²) >= 11 is 11.3. The van der Waals surface area contributed by atoms with Gasteiger partial charge in [0.25, 0.3) is 0 Å². The van der Waals surface area contributed by atoms with E-state index in [1.54, 1.807) is 0 Å². The largest absolute Gasteiger partial charge is 0.378 e. The smallest absolute Gasteiger partial charge is 0.177 e. The van der Waals surface area contributed by atoms with Crippen molar-refractivity contribution in [3.05, 3.63) is 24.3 Å². The maximum Gasteiger partial charge on any atom is 0.177 e. The molecule has 0 atom stereocenters. The highest BCUT2D eigenvalue weighted by Gasteiger charge is 2.29. The van der Waals surface area contributed by atoms with Crippen LogP contribution in [0.3, 0.4) is 0 Å². The number of fused-ring (bicyclic) bond motifs is 1. The van der Waals surface area contributed by atoms with Gasteiger partial charge in [0.2, 0.25) is 0 Å². The van der Waals surface area contributed by atoms with Crippen LogP contribution in [0.5, 0.6) is 0 Å². The molecule has 0 unspecified atom stereocenters. The first kappa shape index (κ1) is 11.5. The maximum atomic E-state index is 5.65. The van der Waals surface area contributed by atoms with Crippen molar-refractivity contribution in [2.45, 2.75) is 4.90 Å². The fourth-order valence-electron chi connectivity index (χ4n) is 2.03. The van der Waals surface area contributed by atoms with Crippen LogP contribution >= 0.6 is 0 Å². The highest BCUT2D eigenvalue weighted by Crippen LogP contribution is 2.34. The highest BCUT2D eigenvalue weighted by molar-refractivity contribution is 8.63. The van der Waals surface area contributed by atoms with Crippen LogP contribution in [-0.4, -0.2) is 36.4 Å². The van der Waals surface area contributed by atoms with Gasteiger partial charge >= 0.3 is 0 Å². The van der Waals surface area contributed by atoms with Gasteiger partial charge in [-0.15, -0.1) is 0 Å². The van der Waals surface area contributed by atoms with E-state index in [4.69, 9.17) is 27.1 Å². The van der Waals surface area contributed by atoms with Crippen LogP contribution in [0.4, 0.5) is 5.69 Å². The van der Waals surface area contributed by atoms with Gasteiger partial charge in [-0.3, -0.25) is 0 Å². The number of amidine groups is 1. The van der Waals surface area contributed by atoms with E-state index in [-0.39, 0.29) is 0 Å². The second-order valence-electron chi connectivity index (χ2n) is 3.96. The SMILES string of the molecule is S=S1(=S)C(N2CCOCC2)=Nc2ccccc21. The normalized spacial score (nSPS) is 22.1. The van der Waals surface area contributed by atoms with Gasteiger partial charge in [0.15, 0.2) is 5.17 Å². The molecule has 2 aliphatic rings. The van der Waals surface area contributed by atoms with Crippen molar-refractivity contribution in [1.29, 1.82) is 0 Å². The summed E-state index contributed by atoms with van der Waals surface area (Å²) in [5.74, 6) is 0. The average Bonchev–Trinajstić information content (AvgIpc) is 2.63. The lowest BCUT2D eigenvalue weighted by Crippen LogP contribution is -2.42. The predicted octanol–water partition coefficient (Wildman–Crippen LogP) is 1.46. The third-order valence-corrected chi connectivity index (χ3v) is 6.62. The molecule has 17 heavy (non-hydrogen) atoms. The Hall–Kier alpha value is -0.560. The molecule has 3 nitrogen and oxygen atoms in total. The van der Waals surface area contributed by atoms with E-state index in [1.807, 2.05) is 24.3 Å². The van der Waals surface area contributed by atoms with Crippen molar-refractivity contribution in [2.24, 2.45) is 4.99 Å². The van der Waals surface area contributed by atoms with Gasteiger partial charge in [-0.2, -0.15) is 0 Å². The number of hydrogen-bond acceptors (Lipinski definition) is 5. The number of benzene rings is 1. The van der Waals surface area contributed by atoms with E-state index in [1.165, 1.54) is 0 Å². The Morgan fingerprint density at radius 1 is 1.18 bits per heavy atom. The van der Waals surface area contributed by atoms with Crippen LogP contribution in [0.25, 0.3) is 0 Å². The highest BCUT2D eigenvalue weighted by atomic mass is 33.1. The first-order valence-corrected chi connectivity index (χ1v) is 8.93. The number of ether oxygens (including phenoxy) is 1. The quantitative estimate of drug-likeness (QED) is 0.720. The summed E-state index contributed by atoms with van der Waals surface area (Å²) in [6.45, 7) is 3.15. The molecule has 0 saturated carbocycles. The van der Waals surface area contributed by atoms with Gasteiger partial charge in [-0.25, -0.2) is 4.99 Å². The Labute approximate surface area is 110 Å². The van der Waals surface area contributed by atoms with E-state index in [2.05, 4.69) is 9.89 Å². The third kappa shape index (κ3) is 1.89. The molecule has 2 aliphatic heterocycles. The van der Waals surface area contributed by atoms with E-state index in [9.17, 15) is 0 Å². The van der Waals surface area contributed by atoms with Crippen LogP contribution in [0, 0.1) is 0 Å². The number of rotatable bonds is 0. The van der Waals surface area contributed by atoms with Crippen molar-refractivity contribution in [3.63, 3.8) is 0 Å². The number of hydrogen-bond donors (Lipinski definition) is 0. The fraction of sp³-hybridized carbons (Fsp3) is 0.364. The Kier molecular flexibility index (Phi) is 2.90. The summed E-state index contributed by atoms with van der Waals surface area (Å²) in [6, 6.07) is 7.96. The fourth-order valence-corrected chi connectivity index (χ4v) is 5.32. The van der Waals surface area contributed by atoms with E-state index in [0.29, 0.717) is 0 Å². The minimum Gasteiger partial charge on any atom is -0.378 e. The Morgan fingerprint density at radius 3 is 2.59 bits per heavy atom. The minimum atomic E-state index is -1.76. The molecule has 1 aromatic carbocycles. The molecule has 1 fully saturated rings. The van der Waals surface area contributed by atoms with E-state index < -0.39 is 7.15 Å². The maximum absolute atomic E-state index is 5.65. The zero-order valence-corrected chi connectivity index (χ0v) is 11.6. The minimum absolute atomic E-state index is 0.732. The van der Waals surface area contributed by atoms with Crippen molar-refractivity contribution in [3.8, 4) is 0 Å². The third-order valence-electron chi connectivity index (χ3n) is 2.89. The molecular formula is C11H12N2OS3. The van der Waals surface area contributed by atoms with Gasteiger partial charge in [-0.05, 0) is 34.5 Å². The van der Waals surface area contributed by atoms with Gasteiger partial charge in [0.05, 0.1) is 18.9 Å². The summed E-state index contributed by atoms with van der Waals surface area (Å²) in [5.41, 5.74) is 0.953. The lowest BCUT2D eigenvalue weighted by molar-refractivity contribution is 0.0694. The second-order valence-corrected chi connectivity index (χ2v) is 9.41. The summed E-state index contributed by atoms with van der Waals surface area (Å²) in [6.07, 6.45) is 0. The first-order valence-electron chi connectivity index (χ1n) is 5.45. The molecule has 1 saturated heterocycles. The standard InChI is InChI=1S/C11H12N2OS3/c15-17(16)10-4-2-1-3-9(10)12-11(17)13-5-7-14-8-6-13/h1-4H,5-8H2. The van der Waals surface area contributed by atoms with E-state index in [0.717, 1.165) is 42.1 Å². The Morgan fingerprint density at radius 2 is 1.88 bits per heavy atom. The molecule has 0 aliphatic carbocycles. The molecule has 0 amide bonds. The zero-order valence-electron chi connectivity index (χ0n) is 9.17. The summed E-state index contributed by atoms with van der Waals surface area (Å²) in [5, 5.41) is 0.909. The zero-order chi connectivity index (χ0) is 11.9. The molecule has 1 aromatic rings. The van der Waals surface area contributed by atoms with Gasteiger partial charge < -0.3 is 9.64 Å². The molecule has 0 aromatic heterocycles. The topological polar surface area (TPSA) is 24.8 Å². The molecule has 3 rings (SSSR count). The van der Waals surface area contributed by atoms with Crippen LogP contribution in [0.15, 0.2) is 34.2 Å². The lowest BCUT2D eigenvalue weighted by atomic mass is 10.3. The second kappa shape index (κ2) is 4.28. The lowest BCUT2D eigenvalue weighted by Gasteiger charge is -2.29. The first-order chi connectivity index (χ1) is 8.19. The summed E-state index contributed by atoms with van der Waals surface area (Å²) in [7, 11) is -1.76.